The van der Waals surface area contributed by atoms with E-state index in [2.05, 4.69) is 5.32 Å². The first-order valence-electron chi connectivity index (χ1n) is 9.95. The van der Waals surface area contributed by atoms with Crippen LogP contribution in [0.4, 0.5) is 4.79 Å². The highest BCUT2D eigenvalue weighted by Gasteiger charge is 2.56. The van der Waals surface area contributed by atoms with Gasteiger partial charge in [0.1, 0.15) is 12.1 Å². The van der Waals surface area contributed by atoms with Crippen LogP contribution in [0, 0.1) is 0 Å². The van der Waals surface area contributed by atoms with Gasteiger partial charge in [-0.15, -0.1) is 0 Å². The molecule has 3 fully saturated rings. The molecular weight excluding hydrogens is 342 g/mol. The second kappa shape index (κ2) is 6.66. The topological polar surface area (TPSA) is 69.7 Å². The zero-order valence-corrected chi connectivity index (χ0v) is 15.9. The Morgan fingerprint density at radius 1 is 1.00 bits per heavy atom. The van der Waals surface area contributed by atoms with Crippen molar-refractivity contribution in [3.8, 4) is 0 Å². The molecule has 2 saturated carbocycles. The molecule has 0 bridgehead atoms. The molecule has 1 aromatic rings. The summed E-state index contributed by atoms with van der Waals surface area (Å²) in [5.74, 6) is -0.464. The monoisotopic (exact) mass is 369 g/mol. The minimum atomic E-state index is -0.733. The lowest BCUT2D eigenvalue weighted by atomic mass is 9.72. The van der Waals surface area contributed by atoms with Crippen molar-refractivity contribution in [2.75, 3.05) is 13.6 Å². The quantitative estimate of drug-likeness (QED) is 0.830. The number of carbonyl (C=O) groups excluding carboxylic acids is 3. The van der Waals surface area contributed by atoms with Crippen LogP contribution in [0.2, 0.25) is 0 Å². The maximum Gasteiger partial charge on any atom is 0.327 e. The fourth-order valence-electron chi connectivity index (χ4n) is 4.89. The zero-order valence-electron chi connectivity index (χ0n) is 15.9. The molecule has 0 atom stereocenters. The fourth-order valence-corrected chi connectivity index (χ4v) is 4.89. The van der Waals surface area contributed by atoms with Gasteiger partial charge in [0.2, 0.25) is 5.91 Å². The first kappa shape index (κ1) is 18.0. The third-order valence-corrected chi connectivity index (χ3v) is 6.70. The van der Waals surface area contributed by atoms with Gasteiger partial charge in [0, 0.05) is 7.05 Å². The van der Waals surface area contributed by atoms with E-state index in [4.69, 9.17) is 0 Å². The minimum Gasteiger partial charge on any atom is -0.345 e. The number of nitrogens with one attached hydrogen (secondary N) is 1. The Morgan fingerprint density at radius 3 is 2.26 bits per heavy atom. The van der Waals surface area contributed by atoms with Crippen molar-refractivity contribution >= 4 is 17.8 Å². The van der Waals surface area contributed by atoms with E-state index in [0.717, 1.165) is 49.0 Å². The molecule has 4 amide bonds. The Bertz CT molecular complexity index is 751. The smallest absolute Gasteiger partial charge is 0.327 e. The van der Waals surface area contributed by atoms with E-state index in [9.17, 15) is 14.4 Å². The molecule has 1 saturated heterocycles. The lowest BCUT2D eigenvalue weighted by molar-refractivity contribution is -0.138. The number of likely N-dealkylation sites (N-methyl/N-ethyl adjacent to an activating group) is 1. The van der Waals surface area contributed by atoms with Gasteiger partial charge in [-0.1, -0.05) is 49.6 Å². The van der Waals surface area contributed by atoms with Gasteiger partial charge in [-0.05, 0) is 37.7 Å². The number of urea groups is 1. The summed E-state index contributed by atoms with van der Waals surface area (Å²) in [4.78, 5) is 41.2. The number of imide groups is 1. The van der Waals surface area contributed by atoms with Crippen molar-refractivity contribution in [2.45, 2.75) is 62.4 Å². The van der Waals surface area contributed by atoms with Gasteiger partial charge in [-0.3, -0.25) is 14.5 Å². The highest BCUT2D eigenvalue weighted by atomic mass is 16.2. The molecule has 0 unspecified atom stereocenters. The van der Waals surface area contributed by atoms with Crippen LogP contribution in [0.5, 0.6) is 0 Å². The predicted octanol–water partition coefficient (Wildman–Crippen LogP) is 2.78. The summed E-state index contributed by atoms with van der Waals surface area (Å²) in [7, 11) is 1.70. The molecule has 144 valence electrons. The van der Waals surface area contributed by atoms with Crippen LogP contribution in [0.1, 0.15) is 56.9 Å². The van der Waals surface area contributed by atoms with Crippen LogP contribution in [-0.2, 0) is 15.1 Å². The van der Waals surface area contributed by atoms with Gasteiger partial charge < -0.3 is 10.2 Å². The van der Waals surface area contributed by atoms with Crippen molar-refractivity contribution in [3.63, 3.8) is 0 Å². The molecule has 2 aliphatic carbocycles. The van der Waals surface area contributed by atoms with Crippen LogP contribution in [-0.4, -0.2) is 46.8 Å². The number of benzene rings is 1. The molecule has 6 heteroatoms. The van der Waals surface area contributed by atoms with Gasteiger partial charge >= 0.3 is 6.03 Å². The molecule has 4 rings (SSSR count). The largest absolute Gasteiger partial charge is 0.345 e. The third kappa shape index (κ3) is 2.82. The average Bonchev–Trinajstić information content (AvgIpc) is 2.82. The molecule has 1 N–H and O–H groups in total. The van der Waals surface area contributed by atoms with E-state index in [1.807, 2.05) is 30.3 Å². The molecular formula is C21H27N3O3. The lowest BCUT2D eigenvalue weighted by Gasteiger charge is -2.43. The highest BCUT2D eigenvalue weighted by Crippen LogP contribution is 2.42. The van der Waals surface area contributed by atoms with E-state index >= 15 is 0 Å². The van der Waals surface area contributed by atoms with Crippen LogP contribution >= 0.6 is 0 Å². The number of hydrogen-bond donors (Lipinski definition) is 1. The number of carbonyl (C=O) groups is 3. The molecule has 0 aromatic heterocycles. The number of amides is 4. The predicted molar refractivity (Wildman–Crippen MR) is 101 cm³/mol. The fraction of sp³-hybridized carbons (Fsp3) is 0.571. The molecule has 27 heavy (non-hydrogen) atoms. The summed E-state index contributed by atoms with van der Waals surface area (Å²) < 4.78 is 0. The summed E-state index contributed by atoms with van der Waals surface area (Å²) in [6.07, 6.45) is 7.20. The van der Waals surface area contributed by atoms with Crippen molar-refractivity contribution in [3.05, 3.63) is 35.9 Å². The number of hydrogen-bond acceptors (Lipinski definition) is 3. The number of nitrogens with zero attached hydrogens (tertiary/aromatic N) is 2. The van der Waals surface area contributed by atoms with Gasteiger partial charge in [0.15, 0.2) is 0 Å². The molecule has 1 heterocycles. The van der Waals surface area contributed by atoms with E-state index < -0.39 is 5.54 Å². The molecule has 1 spiro atoms. The summed E-state index contributed by atoms with van der Waals surface area (Å²) in [6.45, 7) is -0.196. The van der Waals surface area contributed by atoms with Crippen LogP contribution in [0.25, 0.3) is 0 Å². The maximum absolute atomic E-state index is 13.0. The summed E-state index contributed by atoms with van der Waals surface area (Å²) in [5, 5.41) is 3.12. The van der Waals surface area contributed by atoms with Gasteiger partial charge in [-0.2, -0.15) is 0 Å². The van der Waals surface area contributed by atoms with Gasteiger partial charge in [0.25, 0.3) is 5.91 Å². The molecule has 3 aliphatic rings. The van der Waals surface area contributed by atoms with Gasteiger partial charge in [-0.25, -0.2) is 4.79 Å². The number of rotatable bonds is 4. The minimum absolute atomic E-state index is 0.196. The van der Waals surface area contributed by atoms with Crippen LogP contribution in [0.3, 0.4) is 0 Å². The van der Waals surface area contributed by atoms with E-state index in [1.165, 1.54) is 0 Å². The van der Waals surface area contributed by atoms with Gasteiger partial charge in [0.05, 0.1) is 5.54 Å². The van der Waals surface area contributed by atoms with Crippen LogP contribution in [0.15, 0.2) is 30.3 Å². The Kier molecular flexibility index (Phi) is 4.44. The Morgan fingerprint density at radius 2 is 1.67 bits per heavy atom. The molecule has 1 aliphatic heterocycles. The van der Waals surface area contributed by atoms with Crippen molar-refractivity contribution in [1.29, 1.82) is 0 Å². The van der Waals surface area contributed by atoms with E-state index in [0.29, 0.717) is 12.8 Å². The lowest BCUT2D eigenvalue weighted by Crippen LogP contribution is -2.54. The Hall–Kier alpha value is -2.37. The summed E-state index contributed by atoms with van der Waals surface area (Å²) >= 11 is 0. The van der Waals surface area contributed by atoms with Crippen molar-refractivity contribution in [1.82, 2.24) is 15.1 Å². The van der Waals surface area contributed by atoms with Crippen LogP contribution < -0.4 is 5.32 Å². The molecule has 6 nitrogen and oxygen atoms in total. The normalized spacial score (nSPS) is 23.4. The van der Waals surface area contributed by atoms with E-state index in [-0.39, 0.29) is 29.9 Å². The maximum atomic E-state index is 13.0. The molecule has 0 radical (unpaired) electrons. The second-order valence-electron chi connectivity index (χ2n) is 8.17. The average molecular weight is 369 g/mol. The SMILES string of the molecule is CN1C(=O)N(CC(=O)NC2(c3ccccc3)CCC2)C(=O)C12CCCCC2. The first-order valence-corrected chi connectivity index (χ1v) is 9.95. The standard InChI is InChI=1S/C21H27N3O3/c1-23-19(27)24(18(26)21(23)13-6-3-7-14-21)15-17(25)22-20(11-8-12-20)16-9-4-2-5-10-16/h2,4-5,9-10H,3,6-8,11-15H2,1H3,(H,22,25). The van der Waals surface area contributed by atoms with Crippen molar-refractivity contribution in [2.24, 2.45) is 0 Å². The third-order valence-electron chi connectivity index (χ3n) is 6.70. The second-order valence-corrected chi connectivity index (χ2v) is 8.17. The first-order chi connectivity index (χ1) is 13.0. The highest BCUT2D eigenvalue weighted by molar-refractivity contribution is 6.09. The zero-order chi connectivity index (χ0) is 19.1. The van der Waals surface area contributed by atoms with Crippen molar-refractivity contribution < 1.29 is 14.4 Å². The molecule has 1 aromatic carbocycles. The van der Waals surface area contributed by atoms with E-state index in [1.54, 1.807) is 11.9 Å². The Balaban J connectivity index is 1.48. The Labute approximate surface area is 159 Å². The summed E-state index contributed by atoms with van der Waals surface area (Å²) in [6, 6.07) is 9.60. The summed E-state index contributed by atoms with van der Waals surface area (Å²) in [5.41, 5.74) is -0.00791.